The van der Waals surface area contributed by atoms with E-state index in [1.165, 1.54) is 6.20 Å². The summed E-state index contributed by atoms with van der Waals surface area (Å²) in [5.74, 6) is -0.577. The largest absolute Gasteiger partial charge is 0.435 e. The molecule has 0 radical (unpaired) electrons. The molecule has 7 heteroatoms. The zero-order chi connectivity index (χ0) is 11.5. The van der Waals surface area contributed by atoms with E-state index >= 15 is 0 Å². The Bertz CT molecular complexity index is 526. The van der Waals surface area contributed by atoms with Crippen molar-refractivity contribution < 1.29 is 9.13 Å². The number of halogens is 3. The molecule has 82 valence electrons. The van der Waals surface area contributed by atoms with Crippen molar-refractivity contribution in [3.63, 3.8) is 0 Å². The molecule has 0 amide bonds. The summed E-state index contributed by atoms with van der Waals surface area (Å²) in [6, 6.07) is 1.63. The van der Waals surface area contributed by atoms with Crippen LogP contribution < -0.4 is 4.74 Å². The summed E-state index contributed by atoms with van der Waals surface area (Å²) in [4.78, 5) is 10.9. The van der Waals surface area contributed by atoms with Crippen LogP contribution in [0.5, 0.6) is 11.6 Å². The van der Waals surface area contributed by atoms with E-state index in [0.29, 0.717) is 10.2 Å². The van der Waals surface area contributed by atoms with Gasteiger partial charge in [-0.15, -0.1) is 0 Å². The maximum absolute atomic E-state index is 13.2. The third-order valence-electron chi connectivity index (χ3n) is 1.58. The number of pyridine rings is 1. The van der Waals surface area contributed by atoms with Gasteiger partial charge in [0.05, 0.1) is 12.4 Å². The maximum atomic E-state index is 13.2. The van der Waals surface area contributed by atoms with Gasteiger partial charge < -0.3 is 4.74 Å². The molecule has 0 aromatic carbocycles. The van der Waals surface area contributed by atoms with E-state index in [9.17, 15) is 4.39 Å². The molecule has 0 N–H and O–H groups in total. The summed E-state index contributed by atoms with van der Waals surface area (Å²) in [6.45, 7) is 0. The van der Waals surface area contributed by atoms with Crippen molar-refractivity contribution in [2.45, 2.75) is 0 Å². The van der Waals surface area contributed by atoms with Gasteiger partial charge in [-0.2, -0.15) is 9.37 Å². The average molecular weight is 305 g/mol. The summed E-state index contributed by atoms with van der Waals surface area (Å²) in [5.41, 5.74) is 0. The number of rotatable bonds is 2. The summed E-state index contributed by atoms with van der Waals surface area (Å²) in [5, 5.41) is -0.0839. The molecule has 0 atom stereocenters. The average Bonchev–Trinajstić information content (AvgIpc) is 2.24. The Morgan fingerprint density at radius 3 is 2.88 bits per heavy atom. The van der Waals surface area contributed by atoms with Crippen molar-refractivity contribution in [1.29, 1.82) is 0 Å². The molecule has 2 heterocycles. The van der Waals surface area contributed by atoms with E-state index < -0.39 is 5.82 Å². The summed E-state index contributed by atoms with van der Waals surface area (Å²) in [7, 11) is 0. The molecule has 0 fully saturated rings. The first-order valence-corrected chi connectivity index (χ1v) is 5.28. The Morgan fingerprint density at radius 2 is 2.12 bits per heavy atom. The van der Waals surface area contributed by atoms with Gasteiger partial charge in [0.1, 0.15) is 5.75 Å². The number of hydrogen-bond donors (Lipinski definition) is 0. The SMILES string of the molecule is Fc1cnc(Cl)nc1Oc1cncc(Br)c1. The minimum atomic E-state index is -0.690. The van der Waals surface area contributed by atoms with Crippen LogP contribution in [0.1, 0.15) is 0 Å². The Balaban J connectivity index is 2.30. The second-order valence-electron chi connectivity index (χ2n) is 2.73. The highest BCUT2D eigenvalue weighted by molar-refractivity contribution is 9.10. The Morgan fingerprint density at radius 1 is 1.31 bits per heavy atom. The molecule has 2 aromatic rings. The van der Waals surface area contributed by atoms with Crippen molar-refractivity contribution in [1.82, 2.24) is 15.0 Å². The Kier molecular flexibility index (Phi) is 3.31. The third kappa shape index (κ3) is 2.65. The van der Waals surface area contributed by atoms with Crippen molar-refractivity contribution in [2.75, 3.05) is 0 Å². The Hall–Kier alpha value is -1.27. The van der Waals surface area contributed by atoms with Crippen molar-refractivity contribution in [3.8, 4) is 11.6 Å². The molecule has 0 aliphatic rings. The molecule has 0 unspecified atom stereocenters. The van der Waals surface area contributed by atoms with Gasteiger partial charge in [-0.25, -0.2) is 4.98 Å². The molecule has 0 bridgehead atoms. The van der Waals surface area contributed by atoms with Gasteiger partial charge >= 0.3 is 0 Å². The molecule has 2 rings (SSSR count). The lowest BCUT2D eigenvalue weighted by molar-refractivity contribution is 0.418. The zero-order valence-electron chi connectivity index (χ0n) is 7.69. The molecule has 16 heavy (non-hydrogen) atoms. The van der Waals surface area contributed by atoms with Gasteiger partial charge in [0, 0.05) is 10.7 Å². The lowest BCUT2D eigenvalue weighted by Crippen LogP contribution is -1.94. The molecule has 0 saturated heterocycles. The fourth-order valence-corrected chi connectivity index (χ4v) is 1.43. The molecule has 0 saturated carbocycles. The summed E-state index contributed by atoms with van der Waals surface area (Å²) >= 11 is 8.73. The minimum absolute atomic E-state index is 0.0839. The standard InChI is InChI=1S/C9H4BrClFN3O/c10-5-1-6(3-13-2-5)16-8-7(12)4-14-9(11)15-8/h1-4H. The number of nitrogens with zero attached hydrogens (tertiary/aromatic N) is 3. The number of ether oxygens (including phenoxy) is 1. The van der Waals surface area contributed by atoms with Crippen LogP contribution in [0.25, 0.3) is 0 Å². The number of aromatic nitrogens is 3. The minimum Gasteiger partial charge on any atom is -0.435 e. The van der Waals surface area contributed by atoms with Gasteiger partial charge in [0.15, 0.2) is 0 Å². The van der Waals surface area contributed by atoms with Crippen LogP contribution in [-0.2, 0) is 0 Å². The topological polar surface area (TPSA) is 47.9 Å². The monoisotopic (exact) mass is 303 g/mol. The van der Waals surface area contributed by atoms with Crippen molar-refractivity contribution >= 4 is 27.5 Å². The second-order valence-corrected chi connectivity index (χ2v) is 3.99. The predicted octanol–water partition coefficient (Wildman–Crippen LogP) is 3.22. The van der Waals surface area contributed by atoms with Gasteiger partial charge in [-0.05, 0) is 33.6 Å². The predicted molar refractivity (Wildman–Crippen MR) is 59.0 cm³/mol. The van der Waals surface area contributed by atoms with Crippen molar-refractivity contribution in [3.05, 3.63) is 40.2 Å². The van der Waals surface area contributed by atoms with Crippen LogP contribution in [0.4, 0.5) is 4.39 Å². The van der Waals surface area contributed by atoms with Gasteiger partial charge in [0.25, 0.3) is 5.88 Å². The van der Waals surface area contributed by atoms with E-state index in [4.69, 9.17) is 16.3 Å². The third-order valence-corrected chi connectivity index (χ3v) is 2.19. The summed E-state index contributed by atoms with van der Waals surface area (Å²) in [6.07, 6.45) is 3.95. The maximum Gasteiger partial charge on any atom is 0.260 e. The van der Waals surface area contributed by atoms with Crippen LogP contribution in [-0.4, -0.2) is 15.0 Å². The fourth-order valence-electron chi connectivity index (χ4n) is 0.963. The first kappa shape index (κ1) is 11.2. The molecular weight excluding hydrogens is 300 g/mol. The zero-order valence-corrected chi connectivity index (χ0v) is 10.0. The van der Waals surface area contributed by atoms with E-state index in [1.807, 2.05) is 0 Å². The highest BCUT2D eigenvalue weighted by Gasteiger charge is 2.08. The lowest BCUT2D eigenvalue weighted by Gasteiger charge is -2.04. The van der Waals surface area contributed by atoms with Crippen LogP contribution in [0.15, 0.2) is 29.1 Å². The van der Waals surface area contributed by atoms with Gasteiger partial charge in [-0.1, -0.05) is 0 Å². The summed E-state index contributed by atoms with van der Waals surface area (Å²) < 4.78 is 19.1. The molecule has 0 aliphatic heterocycles. The first-order chi connectivity index (χ1) is 7.65. The quantitative estimate of drug-likeness (QED) is 0.799. The van der Waals surface area contributed by atoms with E-state index in [2.05, 4.69) is 30.9 Å². The van der Waals surface area contributed by atoms with Crippen LogP contribution in [0.2, 0.25) is 5.28 Å². The molecule has 4 nitrogen and oxygen atoms in total. The number of hydrogen-bond acceptors (Lipinski definition) is 4. The van der Waals surface area contributed by atoms with Crippen LogP contribution in [0.3, 0.4) is 0 Å². The Labute approximate surface area is 104 Å². The molecule has 0 aliphatic carbocycles. The molecule has 0 spiro atoms. The lowest BCUT2D eigenvalue weighted by atomic mass is 10.4. The normalized spacial score (nSPS) is 10.2. The van der Waals surface area contributed by atoms with Crippen molar-refractivity contribution in [2.24, 2.45) is 0 Å². The highest BCUT2D eigenvalue weighted by atomic mass is 79.9. The van der Waals surface area contributed by atoms with Crippen LogP contribution in [0, 0.1) is 5.82 Å². The van der Waals surface area contributed by atoms with Gasteiger partial charge in [0.2, 0.25) is 11.1 Å². The van der Waals surface area contributed by atoms with Gasteiger partial charge in [-0.3, -0.25) is 4.98 Å². The van der Waals surface area contributed by atoms with E-state index in [0.717, 1.165) is 6.20 Å². The molecule has 2 aromatic heterocycles. The molecular formula is C9H4BrClFN3O. The van der Waals surface area contributed by atoms with E-state index in [1.54, 1.807) is 12.3 Å². The van der Waals surface area contributed by atoms with E-state index in [-0.39, 0.29) is 11.2 Å². The highest BCUT2D eigenvalue weighted by Crippen LogP contribution is 2.24. The van der Waals surface area contributed by atoms with Crippen LogP contribution >= 0.6 is 27.5 Å². The first-order valence-electron chi connectivity index (χ1n) is 4.11. The second kappa shape index (κ2) is 4.71. The smallest absolute Gasteiger partial charge is 0.260 e. The fraction of sp³-hybridized carbons (Fsp3) is 0.